The van der Waals surface area contributed by atoms with Crippen LogP contribution in [0.5, 0.6) is 0 Å². The number of halogens is 2. The van der Waals surface area contributed by atoms with E-state index in [1.165, 1.54) is 0 Å². The summed E-state index contributed by atoms with van der Waals surface area (Å²) in [7, 11) is -3.66. The van der Waals surface area contributed by atoms with Crippen molar-refractivity contribution in [2.45, 2.75) is 17.6 Å². The van der Waals surface area contributed by atoms with Crippen LogP contribution in [0.15, 0.2) is 30.3 Å². The van der Waals surface area contributed by atoms with Gasteiger partial charge < -0.3 is 9.05 Å². The molecule has 3 atom stereocenters. The van der Waals surface area contributed by atoms with Crippen molar-refractivity contribution in [1.82, 2.24) is 0 Å². The number of benzene rings is 1. The van der Waals surface area contributed by atoms with Gasteiger partial charge >= 0.3 is 7.60 Å². The molecule has 3 unspecified atom stereocenters. The lowest BCUT2D eigenvalue weighted by Gasteiger charge is -2.17. The first-order chi connectivity index (χ1) is 10.5. The van der Waals surface area contributed by atoms with Gasteiger partial charge in [0.25, 0.3) is 0 Å². The first-order valence-corrected chi connectivity index (χ1v) is 9.42. The molecule has 0 aliphatic heterocycles. The SMILES string of the molecule is O=[N+]([O-])C1C(c2ccccc2)C1P(=O)(OCCCl)OCCCl. The van der Waals surface area contributed by atoms with Crippen molar-refractivity contribution in [2.75, 3.05) is 25.0 Å². The van der Waals surface area contributed by atoms with Crippen LogP contribution >= 0.6 is 30.8 Å². The molecular formula is C13H16Cl2NO5P. The smallest absolute Gasteiger partial charge is 0.307 e. The molecule has 0 spiro atoms. The molecule has 1 saturated carbocycles. The van der Waals surface area contributed by atoms with Crippen molar-refractivity contribution < 1.29 is 18.5 Å². The Balaban J connectivity index is 2.25. The van der Waals surface area contributed by atoms with Crippen LogP contribution in [0.3, 0.4) is 0 Å². The quantitative estimate of drug-likeness (QED) is 0.289. The Bertz CT molecular complexity index is 547. The highest BCUT2D eigenvalue weighted by molar-refractivity contribution is 7.55. The van der Waals surface area contributed by atoms with E-state index in [9.17, 15) is 14.7 Å². The van der Waals surface area contributed by atoms with E-state index in [0.717, 1.165) is 5.56 Å². The summed E-state index contributed by atoms with van der Waals surface area (Å²) < 4.78 is 23.5. The number of hydrogen-bond donors (Lipinski definition) is 0. The number of nitro groups is 1. The average molecular weight is 368 g/mol. The second-order valence-electron chi connectivity index (χ2n) is 4.79. The second kappa shape index (κ2) is 7.75. The van der Waals surface area contributed by atoms with Gasteiger partial charge in [0.2, 0.25) is 6.04 Å². The van der Waals surface area contributed by atoms with E-state index in [0.29, 0.717) is 0 Å². The van der Waals surface area contributed by atoms with Gasteiger partial charge in [0.1, 0.15) is 5.66 Å². The van der Waals surface area contributed by atoms with Crippen molar-refractivity contribution in [3.05, 3.63) is 46.0 Å². The highest BCUT2D eigenvalue weighted by Gasteiger charge is 2.71. The second-order valence-corrected chi connectivity index (χ2v) is 7.74. The Morgan fingerprint density at radius 2 is 1.68 bits per heavy atom. The summed E-state index contributed by atoms with van der Waals surface area (Å²) >= 11 is 11.1. The molecule has 0 heterocycles. The molecule has 1 aliphatic carbocycles. The molecule has 0 radical (unpaired) electrons. The van der Waals surface area contributed by atoms with Crippen molar-refractivity contribution in [3.8, 4) is 0 Å². The van der Waals surface area contributed by atoms with Crippen LogP contribution in [0, 0.1) is 10.1 Å². The maximum absolute atomic E-state index is 12.9. The van der Waals surface area contributed by atoms with Gasteiger partial charge in [-0.25, -0.2) is 0 Å². The Morgan fingerprint density at radius 1 is 1.14 bits per heavy atom. The van der Waals surface area contributed by atoms with Crippen LogP contribution < -0.4 is 0 Å². The molecule has 1 aromatic carbocycles. The molecule has 0 saturated heterocycles. The predicted molar refractivity (Wildman–Crippen MR) is 84.7 cm³/mol. The molecule has 2 rings (SSSR count). The molecule has 6 nitrogen and oxygen atoms in total. The van der Waals surface area contributed by atoms with E-state index in [-0.39, 0.29) is 25.0 Å². The van der Waals surface area contributed by atoms with Crippen LogP contribution in [-0.2, 0) is 13.6 Å². The fraction of sp³-hybridized carbons (Fsp3) is 0.538. The molecule has 0 bridgehead atoms. The van der Waals surface area contributed by atoms with Crippen molar-refractivity contribution in [2.24, 2.45) is 0 Å². The summed E-state index contributed by atoms with van der Waals surface area (Å²) in [6, 6.07) is 7.94. The minimum Gasteiger partial charge on any atom is -0.307 e. The summed E-state index contributed by atoms with van der Waals surface area (Å²) in [5.41, 5.74) is -0.0605. The first-order valence-electron chi connectivity index (χ1n) is 6.74. The molecule has 22 heavy (non-hydrogen) atoms. The van der Waals surface area contributed by atoms with Crippen LogP contribution in [0.2, 0.25) is 0 Å². The zero-order chi connectivity index (χ0) is 16.2. The number of nitrogens with zero attached hydrogens (tertiary/aromatic N) is 1. The standard InChI is InChI=1S/C13H16Cl2NO5P/c14-6-8-20-22(19,21-9-7-15)13-11(12(13)16(17)18)10-4-2-1-3-5-10/h1-5,11-13H,6-9H2. The topological polar surface area (TPSA) is 78.7 Å². The Kier molecular flexibility index (Phi) is 6.24. The molecule has 0 amide bonds. The Labute approximate surface area is 138 Å². The zero-order valence-corrected chi connectivity index (χ0v) is 14.0. The fourth-order valence-electron chi connectivity index (χ4n) is 2.52. The maximum atomic E-state index is 12.9. The summed E-state index contributed by atoms with van der Waals surface area (Å²) in [5, 5.41) is 11.3. The zero-order valence-electron chi connectivity index (χ0n) is 11.6. The third-order valence-electron chi connectivity index (χ3n) is 3.43. The van der Waals surface area contributed by atoms with E-state index in [1.54, 1.807) is 24.3 Å². The molecule has 0 aromatic heterocycles. The van der Waals surface area contributed by atoms with Crippen LogP contribution in [0.4, 0.5) is 0 Å². The van der Waals surface area contributed by atoms with Gasteiger partial charge in [-0.3, -0.25) is 14.7 Å². The van der Waals surface area contributed by atoms with Gasteiger partial charge in [0.15, 0.2) is 0 Å². The molecule has 1 aromatic rings. The number of alkyl halides is 2. The number of rotatable bonds is 9. The lowest BCUT2D eigenvalue weighted by molar-refractivity contribution is -0.496. The summed E-state index contributed by atoms with van der Waals surface area (Å²) in [6.07, 6.45) is 0. The van der Waals surface area contributed by atoms with E-state index in [2.05, 4.69) is 0 Å². The minimum absolute atomic E-state index is 0.00353. The van der Waals surface area contributed by atoms with Crippen LogP contribution in [0.1, 0.15) is 11.5 Å². The fourth-order valence-corrected chi connectivity index (χ4v) is 5.31. The Morgan fingerprint density at radius 3 is 2.14 bits per heavy atom. The lowest BCUT2D eigenvalue weighted by atomic mass is 10.1. The molecule has 122 valence electrons. The Hall–Kier alpha value is -0.650. The van der Waals surface area contributed by atoms with Gasteiger partial charge in [-0.2, -0.15) is 0 Å². The summed E-state index contributed by atoms with van der Waals surface area (Å²) in [4.78, 5) is 10.8. The van der Waals surface area contributed by atoms with E-state index in [4.69, 9.17) is 32.2 Å². The van der Waals surface area contributed by atoms with Gasteiger partial charge in [0, 0.05) is 16.7 Å². The third-order valence-corrected chi connectivity index (χ3v) is 6.19. The van der Waals surface area contributed by atoms with Crippen LogP contribution in [-0.4, -0.2) is 41.6 Å². The van der Waals surface area contributed by atoms with E-state index >= 15 is 0 Å². The first kappa shape index (κ1) is 17.7. The van der Waals surface area contributed by atoms with Crippen molar-refractivity contribution in [3.63, 3.8) is 0 Å². The number of hydrogen-bond acceptors (Lipinski definition) is 5. The maximum Gasteiger partial charge on any atom is 0.341 e. The molecule has 9 heteroatoms. The highest BCUT2D eigenvalue weighted by Crippen LogP contribution is 2.69. The summed E-state index contributed by atoms with van der Waals surface area (Å²) in [6.45, 7) is 0.00707. The monoisotopic (exact) mass is 367 g/mol. The summed E-state index contributed by atoms with van der Waals surface area (Å²) in [5.74, 6) is -0.243. The molecule has 1 fully saturated rings. The van der Waals surface area contributed by atoms with Crippen LogP contribution in [0.25, 0.3) is 0 Å². The average Bonchev–Trinajstić information content (AvgIpc) is 3.28. The van der Waals surface area contributed by atoms with Crippen molar-refractivity contribution >= 4 is 30.8 Å². The van der Waals surface area contributed by atoms with Crippen molar-refractivity contribution in [1.29, 1.82) is 0 Å². The lowest BCUT2D eigenvalue weighted by Crippen LogP contribution is -2.11. The van der Waals surface area contributed by atoms with Gasteiger partial charge in [-0.15, -0.1) is 23.2 Å². The minimum atomic E-state index is -3.66. The van der Waals surface area contributed by atoms with E-state index in [1.807, 2.05) is 6.07 Å². The largest absolute Gasteiger partial charge is 0.341 e. The third kappa shape index (κ3) is 3.81. The van der Waals surface area contributed by atoms with Gasteiger partial charge in [0.05, 0.1) is 19.1 Å². The van der Waals surface area contributed by atoms with Gasteiger partial charge in [-0.05, 0) is 5.56 Å². The predicted octanol–water partition coefficient (Wildman–Crippen LogP) is 3.50. The molecular weight excluding hydrogens is 352 g/mol. The molecule has 1 aliphatic rings. The normalized spacial score (nSPS) is 24.2. The van der Waals surface area contributed by atoms with Gasteiger partial charge in [-0.1, -0.05) is 30.3 Å². The van der Waals surface area contributed by atoms with E-state index < -0.39 is 30.1 Å². The highest BCUT2D eigenvalue weighted by atomic mass is 35.5. The molecule has 0 N–H and O–H groups in total.